The van der Waals surface area contributed by atoms with Crippen LogP contribution >= 0.6 is 23.5 Å². The smallest absolute Gasteiger partial charge is 0.244 e. The van der Waals surface area contributed by atoms with Crippen molar-refractivity contribution in [3.8, 4) is 0 Å². The molecule has 2 atom stereocenters. The van der Waals surface area contributed by atoms with Crippen molar-refractivity contribution in [1.82, 2.24) is 4.90 Å². The van der Waals surface area contributed by atoms with Gasteiger partial charge in [-0.05, 0) is 26.4 Å². The van der Waals surface area contributed by atoms with Crippen molar-refractivity contribution >= 4 is 35.3 Å². The lowest BCUT2D eigenvalue weighted by atomic mass is 10.3. The van der Waals surface area contributed by atoms with Crippen LogP contribution in [0.4, 0.5) is 0 Å². The lowest BCUT2D eigenvalue weighted by Crippen LogP contribution is -2.37. The van der Waals surface area contributed by atoms with Gasteiger partial charge in [0, 0.05) is 6.04 Å². The lowest BCUT2D eigenvalue weighted by Gasteiger charge is -2.18. The summed E-state index contributed by atoms with van der Waals surface area (Å²) in [5.41, 5.74) is 0. The second-order valence-corrected chi connectivity index (χ2v) is 5.41. The number of carbonyl (C=O) groups is 2. The standard InChI is InChI=1S/C9H15NO2S2/c1-5(2)10-8(11)6(13-3)7(14-4)9(10)12/h5-7H,1-4H3. The third-order valence-electron chi connectivity index (χ3n) is 2.26. The Morgan fingerprint density at radius 2 is 1.43 bits per heavy atom. The molecule has 14 heavy (non-hydrogen) atoms. The third kappa shape index (κ3) is 1.80. The van der Waals surface area contributed by atoms with Gasteiger partial charge in [0.05, 0.1) is 0 Å². The van der Waals surface area contributed by atoms with E-state index in [1.807, 2.05) is 26.4 Å². The van der Waals surface area contributed by atoms with Gasteiger partial charge in [-0.1, -0.05) is 0 Å². The fourth-order valence-electron chi connectivity index (χ4n) is 1.60. The molecule has 3 nitrogen and oxygen atoms in total. The summed E-state index contributed by atoms with van der Waals surface area (Å²) in [6, 6.07) is -0.0261. The van der Waals surface area contributed by atoms with Gasteiger partial charge in [0.15, 0.2) is 0 Å². The van der Waals surface area contributed by atoms with Crippen molar-refractivity contribution < 1.29 is 9.59 Å². The number of hydrogen-bond acceptors (Lipinski definition) is 4. The minimum absolute atomic E-state index is 0.0261. The Morgan fingerprint density at radius 1 is 1.07 bits per heavy atom. The highest BCUT2D eigenvalue weighted by Crippen LogP contribution is 2.32. The largest absolute Gasteiger partial charge is 0.278 e. The summed E-state index contributed by atoms with van der Waals surface area (Å²) < 4.78 is 0. The van der Waals surface area contributed by atoms with Gasteiger partial charge in [0.25, 0.3) is 0 Å². The summed E-state index contributed by atoms with van der Waals surface area (Å²) in [4.78, 5) is 25.0. The fraction of sp³-hybridized carbons (Fsp3) is 0.778. The van der Waals surface area contributed by atoms with Gasteiger partial charge in [-0.3, -0.25) is 14.5 Å². The molecule has 1 saturated heterocycles. The summed E-state index contributed by atoms with van der Waals surface area (Å²) in [5.74, 6) is -0.0614. The van der Waals surface area contributed by atoms with E-state index in [1.165, 1.54) is 28.4 Å². The van der Waals surface area contributed by atoms with Crippen molar-refractivity contribution in [2.24, 2.45) is 0 Å². The molecule has 0 radical (unpaired) electrons. The van der Waals surface area contributed by atoms with Crippen LogP contribution in [0, 0.1) is 0 Å². The fourth-order valence-corrected chi connectivity index (χ4v) is 3.62. The van der Waals surface area contributed by atoms with E-state index in [0.717, 1.165) is 0 Å². The molecule has 0 aromatic rings. The first-order valence-electron chi connectivity index (χ1n) is 4.47. The molecule has 1 fully saturated rings. The van der Waals surface area contributed by atoms with Crippen LogP contribution in [0.2, 0.25) is 0 Å². The zero-order valence-corrected chi connectivity index (χ0v) is 10.4. The summed E-state index contributed by atoms with van der Waals surface area (Å²) in [6.45, 7) is 3.74. The van der Waals surface area contributed by atoms with Crippen molar-refractivity contribution in [2.45, 2.75) is 30.4 Å². The van der Waals surface area contributed by atoms with E-state index in [1.54, 1.807) is 0 Å². The minimum atomic E-state index is -0.195. The molecule has 1 aliphatic rings. The zero-order valence-electron chi connectivity index (χ0n) is 8.81. The van der Waals surface area contributed by atoms with Crippen LogP contribution in [-0.2, 0) is 9.59 Å². The number of carbonyl (C=O) groups excluding carboxylic acids is 2. The normalized spacial score (nSPS) is 27.9. The maximum atomic E-state index is 11.8. The van der Waals surface area contributed by atoms with E-state index in [9.17, 15) is 9.59 Å². The highest BCUT2D eigenvalue weighted by Gasteiger charge is 2.47. The molecular formula is C9H15NO2S2. The topological polar surface area (TPSA) is 37.4 Å². The van der Waals surface area contributed by atoms with E-state index >= 15 is 0 Å². The van der Waals surface area contributed by atoms with Gasteiger partial charge >= 0.3 is 0 Å². The van der Waals surface area contributed by atoms with Crippen LogP contribution in [0.15, 0.2) is 0 Å². The van der Waals surface area contributed by atoms with Crippen LogP contribution in [-0.4, -0.2) is 45.8 Å². The molecule has 2 unspecified atom stereocenters. The summed E-state index contributed by atoms with van der Waals surface area (Å²) in [7, 11) is 0. The first-order valence-corrected chi connectivity index (χ1v) is 7.04. The number of likely N-dealkylation sites (tertiary alicyclic amines) is 1. The molecule has 0 aromatic heterocycles. The van der Waals surface area contributed by atoms with E-state index < -0.39 is 0 Å². The van der Waals surface area contributed by atoms with Crippen LogP contribution in [0.1, 0.15) is 13.8 Å². The Hall–Kier alpha value is -0.160. The lowest BCUT2D eigenvalue weighted by molar-refractivity contribution is -0.139. The Bertz CT molecular complexity index is 233. The second-order valence-electron chi connectivity index (χ2n) is 3.45. The molecule has 0 spiro atoms. The molecule has 2 amide bonds. The first-order chi connectivity index (χ1) is 6.54. The van der Waals surface area contributed by atoms with Crippen molar-refractivity contribution in [1.29, 1.82) is 0 Å². The molecule has 0 aliphatic carbocycles. The Kier molecular flexibility index (Phi) is 3.89. The third-order valence-corrected chi connectivity index (χ3v) is 4.40. The molecule has 80 valence electrons. The van der Waals surface area contributed by atoms with Gasteiger partial charge in [-0.15, -0.1) is 0 Å². The molecule has 0 N–H and O–H groups in total. The Labute approximate surface area is 93.0 Å². The monoisotopic (exact) mass is 233 g/mol. The predicted molar refractivity (Wildman–Crippen MR) is 61.6 cm³/mol. The van der Waals surface area contributed by atoms with Gasteiger partial charge in [0.1, 0.15) is 10.5 Å². The Balaban J connectivity index is 2.94. The van der Waals surface area contributed by atoms with Crippen molar-refractivity contribution in [3.63, 3.8) is 0 Å². The van der Waals surface area contributed by atoms with Gasteiger partial charge < -0.3 is 0 Å². The number of imide groups is 1. The number of nitrogens with zero attached hydrogens (tertiary/aromatic N) is 1. The highest BCUT2D eigenvalue weighted by atomic mass is 32.2. The summed E-state index contributed by atoms with van der Waals surface area (Å²) >= 11 is 2.93. The van der Waals surface area contributed by atoms with E-state index in [2.05, 4.69) is 0 Å². The van der Waals surface area contributed by atoms with Gasteiger partial charge in [-0.2, -0.15) is 23.5 Å². The number of rotatable bonds is 3. The van der Waals surface area contributed by atoms with Crippen LogP contribution < -0.4 is 0 Å². The molecule has 1 heterocycles. The van der Waals surface area contributed by atoms with Crippen LogP contribution in [0.25, 0.3) is 0 Å². The first kappa shape index (κ1) is 11.9. The number of amides is 2. The predicted octanol–water partition coefficient (Wildman–Crippen LogP) is 1.23. The molecule has 5 heteroatoms. The van der Waals surface area contributed by atoms with Crippen molar-refractivity contribution in [3.05, 3.63) is 0 Å². The maximum absolute atomic E-state index is 11.8. The molecule has 0 saturated carbocycles. The highest BCUT2D eigenvalue weighted by molar-refractivity contribution is 8.04. The minimum Gasteiger partial charge on any atom is -0.278 e. The molecule has 0 aromatic carbocycles. The van der Waals surface area contributed by atoms with E-state index in [0.29, 0.717) is 0 Å². The Morgan fingerprint density at radius 3 is 1.64 bits per heavy atom. The average molecular weight is 233 g/mol. The van der Waals surface area contributed by atoms with Crippen molar-refractivity contribution in [2.75, 3.05) is 12.5 Å². The molecule has 0 bridgehead atoms. The molecular weight excluding hydrogens is 218 g/mol. The average Bonchev–Trinajstić information content (AvgIpc) is 2.36. The SMILES string of the molecule is CSC1C(=O)N(C(C)C)C(=O)C1SC. The zero-order chi connectivity index (χ0) is 10.9. The van der Waals surface area contributed by atoms with Crippen LogP contribution in [0.5, 0.6) is 0 Å². The van der Waals surface area contributed by atoms with Gasteiger partial charge in [-0.25, -0.2) is 0 Å². The maximum Gasteiger partial charge on any atom is 0.244 e. The molecule has 1 aliphatic heterocycles. The van der Waals surface area contributed by atoms with E-state index in [4.69, 9.17) is 0 Å². The van der Waals surface area contributed by atoms with Gasteiger partial charge in [0.2, 0.25) is 11.8 Å². The second kappa shape index (κ2) is 4.57. The molecule has 1 rings (SSSR count). The number of hydrogen-bond donors (Lipinski definition) is 0. The summed E-state index contributed by atoms with van der Waals surface area (Å²) in [6.07, 6.45) is 3.76. The van der Waals surface area contributed by atoms with E-state index in [-0.39, 0.29) is 28.4 Å². The van der Waals surface area contributed by atoms with Crippen LogP contribution in [0.3, 0.4) is 0 Å². The summed E-state index contributed by atoms with van der Waals surface area (Å²) in [5, 5.41) is -0.389. The quantitative estimate of drug-likeness (QED) is 0.687. The number of thioether (sulfide) groups is 2.